The molecule has 12 unspecified atom stereocenters. The van der Waals surface area contributed by atoms with Gasteiger partial charge in [-0.3, -0.25) is 4.79 Å². The number of hydrogen-bond acceptors (Lipinski definition) is 13. The molecule has 1 amide bonds. The van der Waals surface area contributed by atoms with E-state index in [1.807, 2.05) is 0 Å². The lowest BCUT2D eigenvalue weighted by atomic mass is 9.97. The van der Waals surface area contributed by atoms with Crippen molar-refractivity contribution in [2.24, 2.45) is 0 Å². The van der Waals surface area contributed by atoms with Crippen LogP contribution in [0.2, 0.25) is 0 Å². The molecule has 2 saturated heterocycles. The standard InChI is InChI=1S/C63H119NO13/c1-3-5-7-9-11-13-15-17-18-19-20-21-22-23-24-25-26-27-28-29-30-31-32-33-34-35-37-39-41-43-45-47-55(68)64-51(52(67)46-44-42-40-38-36-16-14-12-10-8-6-4-2)50-74-62-60(73)58(71)61(54(49-66)76-62)77-63-59(72)57(70)56(69)53(48-65)75-63/h15,17,19-20,51-54,56-63,65-67,69-73H,3-14,16,18,21-50H2,1-2H3,(H,64,68)/b17-15-,20-19-. The number of allylic oxidation sites excluding steroid dienone is 4. The molecule has 0 radical (unpaired) electrons. The van der Waals surface area contributed by atoms with Gasteiger partial charge in [0.15, 0.2) is 12.6 Å². The summed E-state index contributed by atoms with van der Waals surface area (Å²) in [4.78, 5) is 13.3. The number of hydrogen-bond donors (Lipinski definition) is 9. The summed E-state index contributed by atoms with van der Waals surface area (Å²) in [7, 11) is 0. The van der Waals surface area contributed by atoms with Gasteiger partial charge in [-0.1, -0.05) is 250 Å². The quantitative estimate of drug-likeness (QED) is 0.0204. The second-order valence-corrected chi connectivity index (χ2v) is 22.9. The minimum atomic E-state index is -1.78. The number of nitrogens with one attached hydrogen (secondary N) is 1. The first-order valence-corrected chi connectivity index (χ1v) is 32.1. The van der Waals surface area contributed by atoms with Crippen LogP contribution < -0.4 is 5.32 Å². The van der Waals surface area contributed by atoms with Crippen molar-refractivity contribution in [1.82, 2.24) is 5.32 Å². The fourth-order valence-electron chi connectivity index (χ4n) is 10.7. The van der Waals surface area contributed by atoms with E-state index >= 15 is 0 Å². The lowest BCUT2D eigenvalue weighted by Crippen LogP contribution is -2.65. The highest BCUT2D eigenvalue weighted by Crippen LogP contribution is 2.30. The zero-order valence-electron chi connectivity index (χ0n) is 49.0. The van der Waals surface area contributed by atoms with Gasteiger partial charge in [-0.2, -0.15) is 0 Å². The summed E-state index contributed by atoms with van der Waals surface area (Å²) in [6.45, 7) is 2.86. The second-order valence-electron chi connectivity index (χ2n) is 22.9. The van der Waals surface area contributed by atoms with Crippen LogP contribution in [-0.4, -0.2) is 140 Å². The van der Waals surface area contributed by atoms with Gasteiger partial charge < -0.3 is 65.1 Å². The largest absolute Gasteiger partial charge is 0.394 e. The third-order valence-electron chi connectivity index (χ3n) is 15.9. The molecule has 77 heavy (non-hydrogen) atoms. The van der Waals surface area contributed by atoms with Crippen LogP contribution in [0.25, 0.3) is 0 Å². The summed E-state index contributed by atoms with van der Waals surface area (Å²) in [5, 5.41) is 87.2. The van der Waals surface area contributed by atoms with E-state index in [9.17, 15) is 45.6 Å². The van der Waals surface area contributed by atoms with Crippen LogP contribution in [0.15, 0.2) is 24.3 Å². The Balaban J connectivity index is 1.62. The van der Waals surface area contributed by atoms with E-state index in [0.29, 0.717) is 12.8 Å². The molecular formula is C63H119NO13. The molecule has 12 atom stereocenters. The minimum Gasteiger partial charge on any atom is -0.394 e. The monoisotopic (exact) mass is 1100 g/mol. The molecular weight excluding hydrogens is 979 g/mol. The van der Waals surface area contributed by atoms with Crippen molar-refractivity contribution in [3.8, 4) is 0 Å². The average Bonchev–Trinajstić information content (AvgIpc) is 3.43. The fraction of sp³-hybridized carbons (Fsp3) is 0.921. The molecule has 2 rings (SSSR count). The van der Waals surface area contributed by atoms with Gasteiger partial charge in [0.1, 0.15) is 48.8 Å². The summed E-state index contributed by atoms with van der Waals surface area (Å²) < 4.78 is 22.8. The highest BCUT2D eigenvalue weighted by molar-refractivity contribution is 5.76. The molecule has 0 aromatic carbocycles. The van der Waals surface area contributed by atoms with Crippen molar-refractivity contribution in [3.63, 3.8) is 0 Å². The molecule has 0 saturated carbocycles. The molecule has 0 aromatic heterocycles. The van der Waals surface area contributed by atoms with Crippen LogP contribution in [0, 0.1) is 0 Å². The number of aliphatic hydroxyl groups is 8. The first-order valence-electron chi connectivity index (χ1n) is 32.1. The van der Waals surface area contributed by atoms with Crippen LogP contribution in [0.1, 0.15) is 277 Å². The summed E-state index contributed by atoms with van der Waals surface area (Å²) in [5.41, 5.74) is 0. The van der Waals surface area contributed by atoms with Gasteiger partial charge >= 0.3 is 0 Å². The first kappa shape index (κ1) is 71.6. The summed E-state index contributed by atoms with van der Waals surface area (Å²) in [6.07, 6.45) is 42.0. The second kappa shape index (κ2) is 49.1. The molecule has 14 heteroatoms. The smallest absolute Gasteiger partial charge is 0.220 e. The Morgan fingerprint density at radius 3 is 1.30 bits per heavy atom. The normalized spacial score (nSPS) is 24.8. The number of aliphatic hydroxyl groups excluding tert-OH is 8. The average molecular weight is 1100 g/mol. The highest BCUT2D eigenvalue weighted by Gasteiger charge is 2.51. The zero-order chi connectivity index (χ0) is 56.0. The maximum Gasteiger partial charge on any atom is 0.220 e. The third-order valence-corrected chi connectivity index (χ3v) is 15.9. The summed E-state index contributed by atoms with van der Waals surface area (Å²) in [6, 6.07) is -0.825. The molecule has 2 aliphatic rings. The molecule has 0 aliphatic carbocycles. The maximum atomic E-state index is 13.3. The molecule has 0 spiro atoms. The predicted molar refractivity (Wildman–Crippen MR) is 309 cm³/mol. The number of amides is 1. The summed E-state index contributed by atoms with van der Waals surface area (Å²) >= 11 is 0. The van der Waals surface area contributed by atoms with Crippen molar-refractivity contribution in [2.45, 2.75) is 351 Å². The van der Waals surface area contributed by atoms with Crippen LogP contribution >= 0.6 is 0 Å². The van der Waals surface area contributed by atoms with Crippen molar-refractivity contribution in [1.29, 1.82) is 0 Å². The number of rotatable bonds is 52. The Morgan fingerprint density at radius 1 is 0.468 bits per heavy atom. The maximum absolute atomic E-state index is 13.3. The Morgan fingerprint density at radius 2 is 0.857 bits per heavy atom. The van der Waals surface area contributed by atoms with Gasteiger partial charge in [0.2, 0.25) is 5.91 Å². The van der Waals surface area contributed by atoms with E-state index in [4.69, 9.17) is 18.9 Å². The predicted octanol–water partition coefficient (Wildman–Crippen LogP) is 11.6. The Bertz CT molecular complexity index is 1390. The Labute approximate surface area is 468 Å². The van der Waals surface area contributed by atoms with Gasteiger partial charge in [-0.15, -0.1) is 0 Å². The molecule has 0 bridgehead atoms. The van der Waals surface area contributed by atoms with Crippen LogP contribution in [0.3, 0.4) is 0 Å². The van der Waals surface area contributed by atoms with Gasteiger partial charge in [0.25, 0.3) is 0 Å². The van der Waals surface area contributed by atoms with E-state index in [-0.39, 0.29) is 12.5 Å². The molecule has 14 nitrogen and oxygen atoms in total. The first-order chi connectivity index (χ1) is 37.6. The lowest BCUT2D eigenvalue weighted by Gasteiger charge is -2.46. The minimum absolute atomic E-state index is 0.203. The van der Waals surface area contributed by atoms with Crippen LogP contribution in [-0.2, 0) is 23.7 Å². The highest BCUT2D eigenvalue weighted by atomic mass is 16.7. The van der Waals surface area contributed by atoms with Crippen molar-refractivity contribution < 1.29 is 64.6 Å². The molecule has 9 N–H and O–H groups in total. The number of carbonyl (C=O) groups excluding carboxylic acids is 1. The van der Waals surface area contributed by atoms with E-state index in [2.05, 4.69) is 43.5 Å². The lowest BCUT2D eigenvalue weighted by molar-refractivity contribution is -0.359. The molecule has 2 aliphatic heterocycles. The van der Waals surface area contributed by atoms with Gasteiger partial charge in [-0.25, -0.2) is 0 Å². The SMILES string of the molecule is CCCCCCC/C=C\C/C=C\CCCCCCCCCCCCCCCCCCCCCC(=O)NC(COC1OC(CO)C(OC2OC(CO)C(O)C(O)C2O)C(O)C1O)C(O)CCCCCCCCCCCCCC. The van der Waals surface area contributed by atoms with Crippen LogP contribution in [0.5, 0.6) is 0 Å². The van der Waals surface area contributed by atoms with E-state index in [1.54, 1.807) is 0 Å². The number of ether oxygens (including phenoxy) is 4. The zero-order valence-corrected chi connectivity index (χ0v) is 49.0. The number of carbonyl (C=O) groups is 1. The molecule has 454 valence electrons. The number of unbranched alkanes of at least 4 members (excludes halogenated alkanes) is 35. The topological polar surface area (TPSA) is 228 Å². The molecule has 0 aromatic rings. The van der Waals surface area contributed by atoms with Crippen molar-refractivity contribution >= 4 is 5.91 Å². The Kier molecular flexibility index (Phi) is 45.7. The van der Waals surface area contributed by atoms with Crippen molar-refractivity contribution in [2.75, 3.05) is 19.8 Å². The third kappa shape index (κ3) is 34.5. The van der Waals surface area contributed by atoms with E-state index in [0.717, 1.165) is 57.8 Å². The van der Waals surface area contributed by atoms with E-state index in [1.165, 1.54) is 193 Å². The van der Waals surface area contributed by atoms with Crippen molar-refractivity contribution in [3.05, 3.63) is 24.3 Å². The fourth-order valence-corrected chi connectivity index (χ4v) is 10.7. The molecule has 2 fully saturated rings. The van der Waals surface area contributed by atoms with Gasteiger partial charge in [0.05, 0.1) is 32.0 Å². The van der Waals surface area contributed by atoms with Gasteiger partial charge in [-0.05, 0) is 44.9 Å². The van der Waals surface area contributed by atoms with Crippen LogP contribution in [0.4, 0.5) is 0 Å². The Hall–Kier alpha value is -1.53. The molecule has 2 heterocycles. The van der Waals surface area contributed by atoms with Gasteiger partial charge in [0, 0.05) is 6.42 Å². The summed E-state index contributed by atoms with van der Waals surface area (Å²) in [5.74, 6) is -0.203. The van der Waals surface area contributed by atoms with E-state index < -0.39 is 86.8 Å².